The molecule has 0 saturated carbocycles. The number of nitrogens with one attached hydrogen (secondary N) is 1. The predicted molar refractivity (Wildman–Crippen MR) is 83.5 cm³/mol. The Balaban J connectivity index is 2.30. The van der Waals surface area contributed by atoms with E-state index in [0.717, 1.165) is 6.20 Å². The van der Waals surface area contributed by atoms with E-state index in [9.17, 15) is 18.4 Å². The Hall–Kier alpha value is -2.39. The van der Waals surface area contributed by atoms with Crippen LogP contribution in [0.3, 0.4) is 0 Å². The average Bonchev–Trinajstić information content (AvgIpc) is 2.45. The Kier molecular flexibility index (Phi) is 3.61. The fraction of sp³-hybridized carbons (Fsp3) is 0.286. The second-order valence-electron chi connectivity index (χ2n) is 5.54. The zero-order valence-corrected chi connectivity index (χ0v) is 13.5. The van der Waals surface area contributed by atoms with E-state index >= 15 is 0 Å². The molecule has 0 bridgehead atoms. The Labute approximate surface area is 133 Å². The van der Waals surface area contributed by atoms with Crippen LogP contribution in [0.4, 0.5) is 11.4 Å². The molecular weight excluding hydrogens is 320 g/mol. The minimum Gasteiger partial charge on any atom is -0.596 e. The van der Waals surface area contributed by atoms with Crippen molar-refractivity contribution in [2.75, 3.05) is 32.1 Å². The molecule has 0 unspecified atom stereocenters. The number of para-hydroxylation sites is 1. The van der Waals surface area contributed by atoms with Crippen LogP contribution in [0.2, 0.25) is 0 Å². The summed E-state index contributed by atoms with van der Waals surface area (Å²) in [5.74, 6) is 0. The van der Waals surface area contributed by atoms with Crippen LogP contribution >= 0.6 is 0 Å². The Morgan fingerprint density at radius 2 is 1.96 bits per heavy atom. The molecule has 1 aliphatic rings. The molecule has 0 fully saturated rings. The number of likely N-dealkylation sites (N-methyl/N-ethyl adjacent to an activating group) is 1. The molecule has 122 valence electrons. The van der Waals surface area contributed by atoms with E-state index in [1.54, 1.807) is 23.1 Å². The van der Waals surface area contributed by atoms with Gasteiger partial charge in [0.1, 0.15) is 5.69 Å². The molecule has 0 spiro atoms. The van der Waals surface area contributed by atoms with Gasteiger partial charge < -0.3 is 15.0 Å². The van der Waals surface area contributed by atoms with Gasteiger partial charge in [0.15, 0.2) is 4.90 Å². The van der Waals surface area contributed by atoms with Gasteiger partial charge in [0.25, 0.3) is 0 Å². The lowest BCUT2D eigenvalue weighted by Crippen LogP contribution is -2.43. The highest BCUT2D eigenvalue weighted by Crippen LogP contribution is 2.41. The molecular formula is C14H16N4O4S. The first-order chi connectivity index (χ1) is 10.8. The Bertz CT molecular complexity index is 921. The summed E-state index contributed by atoms with van der Waals surface area (Å²) < 4.78 is 25.5. The van der Waals surface area contributed by atoms with Crippen molar-refractivity contribution in [3.05, 3.63) is 46.0 Å². The number of anilines is 2. The number of rotatable bonds is 3. The standard InChI is InChI=1S/C14H16N4O4S/c1-16(2)7-8-17-10-5-3-4-6-12(10)23(21,22)13-11(17)9-18(20)15-14(13)19/h3-6,9H,7-8H2,1-2H3,(H,15,19). The number of fused-ring (bicyclic) bond motifs is 2. The fourth-order valence-electron chi connectivity index (χ4n) is 2.61. The second-order valence-corrected chi connectivity index (χ2v) is 7.39. The molecule has 23 heavy (non-hydrogen) atoms. The predicted octanol–water partition coefficient (Wildman–Crippen LogP) is -0.146. The van der Waals surface area contributed by atoms with Crippen LogP contribution in [-0.2, 0) is 9.84 Å². The molecule has 3 rings (SSSR count). The summed E-state index contributed by atoms with van der Waals surface area (Å²) in [5, 5.41) is 13.6. The summed E-state index contributed by atoms with van der Waals surface area (Å²) in [6.45, 7) is 1.06. The fourth-order valence-corrected chi connectivity index (χ4v) is 4.27. The van der Waals surface area contributed by atoms with E-state index in [1.807, 2.05) is 24.1 Å². The van der Waals surface area contributed by atoms with Crippen molar-refractivity contribution in [2.24, 2.45) is 0 Å². The molecule has 1 aromatic heterocycles. The van der Waals surface area contributed by atoms with Crippen LogP contribution in [0.25, 0.3) is 0 Å². The zero-order chi connectivity index (χ0) is 16.8. The van der Waals surface area contributed by atoms with E-state index in [2.05, 4.69) is 0 Å². The quantitative estimate of drug-likeness (QED) is 0.618. The van der Waals surface area contributed by atoms with Gasteiger partial charge in [0, 0.05) is 13.1 Å². The van der Waals surface area contributed by atoms with E-state index < -0.39 is 15.4 Å². The molecule has 1 aromatic carbocycles. The van der Waals surface area contributed by atoms with Crippen molar-refractivity contribution in [2.45, 2.75) is 9.79 Å². The van der Waals surface area contributed by atoms with Gasteiger partial charge in [-0.25, -0.2) is 8.42 Å². The normalized spacial score (nSPS) is 15.3. The number of aromatic amines is 1. The van der Waals surface area contributed by atoms with Gasteiger partial charge in [-0.15, -0.1) is 5.10 Å². The van der Waals surface area contributed by atoms with Crippen molar-refractivity contribution >= 4 is 21.2 Å². The number of hydrogen-bond acceptors (Lipinski definition) is 6. The molecule has 9 heteroatoms. The number of aromatic nitrogens is 2. The first-order valence-electron chi connectivity index (χ1n) is 6.95. The summed E-state index contributed by atoms with van der Waals surface area (Å²) in [4.78, 5) is 15.6. The Morgan fingerprint density at radius 3 is 2.65 bits per heavy atom. The maximum absolute atomic E-state index is 12.7. The first-order valence-corrected chi connectivity index (χ1v) is 8.43. The second kappa shape index (κ2) is 5.36. The van der Waals surface area contributed by atoms with Gasteiger partial charge in [-0.1, -0.05) is 17.0 Å². The summed E-state index contributed by atoms with van der Waals surface area (Å²) in [7, 11) is -0.196. The summed E-state index contributed by atoms with van der Waals surface area (Å²) in [6, 6.07) is 6.46. The van der Waals surface area contributed by atoms with E-state index in [0.29, 0.717) is 18.8 Å². The minimum atomic E-state index is -3.97. The van der Waals surface area contributed by atoms with Crippen molar-refractivity contribution in [3.63, 3.8) is 0 Å². The lowest BCUT2D eigenvalue weighted by molar-refractivity contribution is -0.670. The highest BCUT2D eigenvalue weighted by atomic mass is 32.2. The highest BCUT2D eigenvalue weighted by molar-refractivity contribution is 7.92. The number of sulfone groups is 1. The van der Waals surface area contributed by atoms with E-state index in [-0.39, 0.29) is 20.3 Å². The smallest absolute Gasteiger partial charge is 0.320 e. The van der Waals surface area contributed by atoms with Gasteiger partial charge in [0.2, 0.25) is 16.0 Å². The van der Waals surface area contributed by atoms with E-state index in [4.69, 9.17) is 0 Å². The molecule has 0 atom stereocenters. The van der Waals surface area contributed by atoms with Crippen LogP contribution in [0.15, 0.2) is 45.0 Å². The average molecular weight is 336 g/mol. The molecule has 8 nitrogen and oxygen atoms in total. The minimum absolute atomic E-state index is 0.0698. The SMILES string of the molecule is CN(C)CCN1c2ccccc2S(=O)(=O)c2c1c[n+]([O-])[nH]c2=O. The number of nitrogens with zero attached hydrogens (tertiary/aromatic N) is 3. The van der Waals surface area contributed by atoms with Crippen LogP contribution in [0.1, 0.15) is 0 Å². The first kappa shape index (κ1) is 15.5. The van der Waals surface area contributed by atoms with Crippen LogP contribution in [0, 0.1) is 5.21 Å². The van der Waals surface area contributed by atoms with Crippen molar-refractivity contribution in [3.8, 4) is 0 Å². The third-order valence-electron chi connectivity index (χ3n) is 3.67. The summed E-state index contributed by atoms with van der Waals surface area (Å²) >= 11 is 0. The van der Waals surface area contributed by atoms with Crippen LogP contribution < -0.4 is 15.3 Å². The summed E-state index contributed by atoms with van der Waals surface area (Å²) in [5.41, 5.74) is -0.349. The van der Waals surface area contributed by atoms with Crippen molar-refractivity contribution < 1.29 is 13.3 Å². The van der Waals surface area contributed by atoms with E-state index in [1.165, 1.54) is 6.07 Å². The molecule has 0 aliphatic carbocycles. The lowest BCUT2D eigenvalue weighted by Gasteiger charge is -2.31. The van der Waals surface area contributed by atoms with Crippen molar-refractivity contribution in [1.82, 2.24) is 10.00 Å². The van der Waals surface area contributed by atoms with Crippen LogP contribution in [-0.4, -0.2) is 45.6 Å². The molecule has 0 saturated heterocycles. The zero-order valence-electron chi connectivity index (χ0n) is 12.7. The van der Waals surface area contributed by atoms with Gasteiger partial charge >= 0.3 is 5.56 Å². The number of benzene rings is 1. The van der Waals surface area contributed by atoms with Gasteiger partial charge in [-0.05, 0) is 26.2 Å². The monoisotopic (exact) mass is 336 g/mol. The molecule has 2 heterocycles. The molecule has 0 radical (unpaired) electrons. The van der Waals surface area contributed by atoms with Crippen LogP contribution in [0.5, 0.6) is 0 Å². The van der Waals surface area contributed by atoms with Crippen molar-refractivity contribution in [1.29, 1.82) is 0 Å². The number of H-pyrrole nitrogens is 1. The molecule has 2 aromatic rings. The summed E-state index contributed by atoms with van der Waals surface area (Å²) in [6.07, 6.45) is 1.08. The maximum Gasteiger partial charge on any atom is 0.320 e. The van der Waals surface area contributed by atoms with Gasteiger partial charge in [-0.2, -0.15) is 0 Å². The Morgan fingerprint density at radius 1 is 1.26 bits per heavy atom. The third kappa shape index (κ3) is 2.47. The lowest BCUT2D eigenvalue weighted by atomic mass is 10.2. The molecule has 1 N–H and O–H groups in total. The molecule has 0 amide bonds. The molecule has 1 aliphatic heterocycles. The van der Waals surface area contributed by atoms with Gasteiger partial charge in [0.05, 0.1) is 10.6 Å². The topological polar surface area (TPSA) is 100 Å². The largest absolute Gasteiger partial charge is 0.596 e. The number of hydrogen-bond donors (Lipinski definition) is 1. The maximum atomic E-state index is 12.7. The highest BCUT2D eigenvalue weighted by Gasteiger charge is 2.38. The van der Waals surface area contributed by atoms with Gasteiger partial charge in [-0.3, -0.25) is 4.79 Å². The third-order valence-corrected chi connectivity index (χ3v) is 5.52.